The van der Waals surface area contributed by atoms with Crippen molar-refractivity contribution in [2.45, 2.75) is 84.5 Å². The molecule has 0 spiro atoms. The van der Waals surface area contributed by atoms with E-state index in [4.69, 9.17) is 0 Å². The number of rotatable bonds is 13. The molecule has 1 atom stereocenters. The van der Waals surface area contributed by atoms with Crippen molar-refractivity contribution in [3.05, 3.63) is 0 Å². The van der Waals surface area contributed by atoms with E-state index in [2.05, 4.69) is 6.92 Å². The first-order valence-electron chi connectivity index (χ1n) is 7.66. The molecule has 0 saturated heterocycles. The Morgan fingerprint density at radius 1 is 1.00 bits per heavy atom. The summed E-state index contributed by atoms with van der Waals surface area (Å²) in [6, 6.07) is 0. The lowest BCUT2D eigenvalue weighted by molar-refractivity contribution is -0.120. The van der Waals surface area contributed by atoms with Gasteiger partial charge in [0.15, 0.2) is 0 Å². The number of carbonyl (C=O) groups is 2. The molecular formula is C16H30O2. The van der Waals surface area contributed by atoms with Crippen molar-refractivity contribution in [1.29, 1.82) is 0 Å². The topological polar surface area (TPSA) is 34.1 Å². The smallest absolute Gasteiger partial charge is 0.133 e. The number of hydrogen-bond acceptors (Lipinski definition) is 2. The summed E-state index contributed by atoms with van der Waals surface area (Å²) in [5.74, 6) is 0.555. The van der Waals surface area contributed by atoms with Crippen LogP contribution in [-0.2, 0) is 9.59 Å². The van der Waals surface area contributed by atoms with Gasteiger partial charge in [-0.1, -0.05) is 58.8 Å². The van der Waals surface area contributed by atoms with E-state index in [1.165, 1.54) is 44.9 Å². The van der Waals surface area contributed by atoms with Gasteiger partial charge in [-0.15, -0.1) is 0 Å². The first-order chi connectivity index (χ1) is 8.70. The largest absolute Gasteiger partial charge is 0.303 e. The average Bonchev–Trinajstić information content (AvgIpc) is 2.32. The molecule has 0 fully saturated rings. The number of hydrogen-bond donors (Lipinski definition) is 0. The van der Waals surface area contributed by atoms with Gasteiger partial charge in [0.05, 0.1) is 0 Å². The fraction of sp³-hybridized carbons (Fsp3) is 0.875. The molecule has 0 heterocycles. The molecule has 0 saturated carbocycles. The van der Waals surface area contributed by atoms with Crippen LogP contribution in [0.1, 0.15) is 84.5 Å². The highest BCUT2D eigenvalue weighted by molar-refractivity contribution is 5.78. The first-order valence-corrected chi connectivity index (χ1v) is 7.66. The Hall–Kier alpha value is -0.660. The summed E-state index contributed by atoms with van der Waals surface area (Å²) in [5.41, 5.74) is 0. The van der Waals surface area contributed by atoms with Crippen molar-refractivity contribution in [2.75, 3.05) is 0 Å². The molecule has 2 heteroatoms. The number of unbranched alkanes of at least 4 members (excludes halogenated alkanes) is 7. The number of carbonyl (C=O) groups excluding carboxylic acids is 2. The van der Waals surface area contributed by atoms with Gasteiger partial charge in [-0.2, -0.15) is 0 Å². The van der Waals surface area contributed by atoms with Crippen molar-refractivity contribution in [1.82, 2.24) is 0 Å². The number of ketones is 1. The van der Waals surface area contributed by atoms with E-state index in [0.717, 1.165) is 12.7 Å². The molecule has 0 aliphatic rings. The van der Waals surface area contributed by atoms with Gasteiger partial charge in [0.1, 0.15) is 12.1 Å². The average molecular weight is 254 g/mol. The van der Waals surface area contributed by atoms with E-state index in [1.807, 2.05) is 6.92 Å². The minimum atomic E-state index is 0.226. The summed E-state index contributed by atoms with van der Waals surface area (Å²) in [4.78, 5) is 21.9. The van der Waals surface area contributed by atoms with Crippen LogP contribution >= 0.6 is 0 Å². The Balaban J connectivity index is 3.27. The fourth-order valence-corrected chi connectivity index (χ4v) is 2.19. The van der Waals surface area contributed by atoms with E-state index in [1.54, 1.807) is 0 Å². The fourth-order valence-electron chi connectivity index (χ4n) is 2.19. The van der Waals surface area contributed by atoms with Crippen LogP contribution in [0.5, 0.6) is 0 Å². The second-order valence-electron chi connectivity index (χ2n) is 5.48. The summed E-state index contributed by atoms with van der Waals surface area (Å²) < 4.78 is 0. The van der Waals surface area contributed by atoms with Gasteiger partial charge in [0.25, 0.3) is 0 Å². The molecule has 0 aromatic rings. The molecule has 0 rings (SSSR count). The monoisotopic (exact) mass is 254 g/mol. The molecule has 0 aromatic heterocycles. The maximum Gasteiger partial charge on any atom is 0.133 e. The van der Waals surface area contributed by atoms with Crippen molar-refractivity contribution >= 4 is 12.1 Å². The van der Waals surface area contributed by atoms with Gasteiger partial charge in [-0.05, 0) is 12.3 Å². The van der Waals surface area contributed by atoms with E-state index in [0.29, 0.717) is 25.0 Å². The third-order valence-electron chi connectivity index (χ3n) is 3.38. The van der Waals surface area contributed by atoms with Crippen LogP contribution < -0.4 is 0 Å². The van der Waals surface area contributed by atoms with Crippen LogP contribution in [-0.4, -0.2) is 12.1 Å². The summed E-state index contributed by atoms with van der Waals surface area (Å²) in [7, 11) is 0. The van der Waals surface area contributed by atoms with E-state index >= 15 is 0 Å². The predicted molar refractivity (Wildman–Crippen MR) is 76.7 cm³/mol. The highest BCUT2D eigenvalue weighted by Crippen LogP contribution is 2.12. The third kappa shape index (κ3) is 11.8. The van der Waals surface area contributed by atoms with Gasteiger partial charge in [0.2, 0.25) is 0 Å². The minimum Gasteiger partial charge on any atom is -0.303 e. The summed E-state index contributed by atoms with van der Waals surface area (Å²) in [6.07, 6.45) is 12.9. The van der Waals surface area contributed by atoms with Crippen LogP contribution in [0, 0.1) is 5.92 Å². The highest BCUT2D eigenvalue weighted by Gasteiger charge is 2.08. The molecular weight excluding hydrogens is 224 g/mol. The number of aldehydes is 1. The maximum atomic E-state index is 11.6. The van der Waals surface area contributed by atoms with Gasteiger partial charge in [-0.3, -0.25) is 4.79 Å². The summed E-state index contributed by atoms with van der Waals surface area (Å²) in [6.45, 7) is 4.21. The summed E-state index contributed by atoms with van der Waals surface area (Å²) >= 11 is 0. The lowest BCUT2D eigenvalue weighted by Gasteiger charge is -2.06. The minimum absolute atomic E-state index is 0.226. The normalized spacial score (nSPS) is 12.3. The number of Topliss-reactive ketones (excluding diaryl/α,β-unsaturated/α-hetero) is 1. The van der Waals surface area contributed by atoms with E-state index in [9.17, 15) is 9.59 Å². The lowest BCUT2D eigenvalue weighted by atomic mass is 9.98. The van der Waals surface area contributed by atoms with Crippen LogP contribution in [0.4, 0.5) is 0 Å². The molecule has 1 unspecified atom stereocenters. The quantitative estimate of drug-likeness (QED) is 0.352. The van der Waals surface area contributed by atoms with Crippen molar-refractivity contribution < 1.29 is 9.59 Å². The Morgan fingerprint density at radius 2 is 1.56 bits per heavy atom. The van der Waals surface area contributed by atoms with Crippen molar-refractivity contribution in [3.63, 3.8) is 0 Å². The zero-order valence-electron chi connectivity index (χ0n) is 12.2. The Labute approximate surface area is 113 Å². The second-order valence-corrected chi connectivity index (χ2v) is 5.48. The van der Waals surface area contributed by atoms with Gasteiger partial charge in [0, 0.05) is 19.3 Å². The second kappa shape index (κ2) is 12.8. The predicted octanol–water partition coefficient (Wildman–Crippen LogP) is 4.70. The molecule has 0 aromatic carbocycles. The molecule has 0 aliphatic heterocycles. The molecule has 106 valence electrons. The molecule has 0 amide bonds. The molecule has 0 bridgehead atoms. The first kappa shape index (κ1) is 17.3. The standard InChI is InChI=1S/C16H30O2/c1-3-4-5-6-7-8-9-10-11-16(18)14-15(2)12-13-17/h13,15H,3-12,14H2,1-2H3. The van der Waals surface area contributed by atoms with Crippen molar-refractivity contribution in [3.8, 4) is 0 Å². The third-order valence-corrected chi connectivity index (χ3v) is 3.38. The highest BCUT2D eigenvalue weighted by atomic mass is 16.1. The summed E-state index contributed by atoms with van der Waals surface area (Å²) in [5, 5.41) is 0. The Kier molecular flexibility index (Phi) is 12.3. The zero-order chi connectivity index (χ0) is 13.6. The molecule has 18 heavy (non-hydrogen) atoms. The van der Waals surface area contributed by atoms with Crippen LogP contribution in [0.15, 0.2) is 0 Å². The van der Waals surface area contributed by atoms with Crippen LogP contribution in [0.2, 0.25) is 0 Å². The van der Waals surface area contributed by atoms with Crippen LogP contribution in [0.3, 0.4) is 0 Å². The Bertz CT molecular complexity index is 211. The molecule has 0 aliphatic carbocycles. The van der Waals surface area contributed by atoms with Gasteiger partial charge >= 0.3 is 0 Å². The van der Waals surface area contributed by atoms with Crippen LogP contribution in [0.25, 0.3) is 0 Å². The molecule has 0 radical (unpaired) electrons. The molecule has 0 N–H and O–H groups in total. The van der Waals surface area contributed by atoms with Crippen molar-refractivity contribution in [2.24, 2.45) is 5.92 Å². The molecule has 2 nitrogen and oxygen atoms in total. The van der Waals surface area contributed by atoms with E-state index in [-0.39, 0.29) is 5.92 Å². The maximum absolute atomic E-state index is 11.6. The van der Waals surface area contributed by atoms with Gasteiger partial charge in [-0.25, -0.2) is 0 Å². The lowest BCUT2D eigenvalue weighted by Crippen LogP contribution is -2.05. The zero-order valence-corrected chi connectivity index (χ0v) is 12.2. The Morgan fingerprint density at radius 3 is 2.11 bits per heavy atom. The van der Waals surface area contributed by atoms with Gasteiger partial charge < -0.3 is 4.79 Å². The SMILES string of the molecule is CCCCCCCCCCC(=O)CC(C)CC=O. The van der Waals surface area contributed by atoms with E-state index < -0.39 is 0 Å².